The van der Waals surface area contributed by atoms with E-state index in [0.717, 1.165) is 33.5 Å². The number of Topliss-reactive ketones (excluding diaryl/α,β-unsaturated/α-hetero) is 1. The molecule has 1 aromatic carbocycles. The van der Waals surface area contributed by atoms with E-state index >= 15 is 0 Å². The van der Waals surface area contributed by atoms with E-state index in [0.29, 0.717) is 26.2 Å². The number of nitrogens with zero attached hydrogens (tertiary/aromatic N) is 4. The Bertz CT molecular complexity index is 1210. The zero-order valence-corrected chi connectivity index (χ0v) is 19.0. The second kappa shape index (κ2) is 10.9. The lowest BCUT2D eigenvalue weighted by atomic mass is 9.93. The molecule has 4 aromatic rings. The molecule has 0 aliphatic carbocycles. The van der Waals surface area contributed by atoms with Gasteiger partial charge >= 0.3 is 0 Å². The van der Waals surface area contributed by atoms with Crippen LogP contribution in [-0.4, -0.2) is 52.5 Å². The number of fused-ring (bicyclic) bond motifs is 1. The Morgan fingerprint density at radius 1 is 1.06 bits per heavy atom. The van der Waals surface area contributed by atoms with Crippen LogP contribution in [0.2, 0.25) is 0 Å². The maximum atomic E-state index is 12.9. The molecule has 7 nitrogen and oxygen atoms in total. The quantitative estimate of drug-likeness (QED) is 0.325. The Morgan fingerprint density at radius 3 is 2.70 bits per heavy atom. The molecule has 0 saturated carbocycles. The van der Waals surface area contributed by atoms with Crippen molar-refractivity contribution in [3.63, 3.8) is 0 Å². The summed E-state index contributed by atoms with van der Waals surface area (Å²) in [6, 6.07) is 15.9. The van der Waals surface area contributed by atoms with Gasteiger partial charge in [-0.05, 0) is 30.7 Å². The van der Waals surface area contributed by atoms with Crippen LogP contribution < -0.4 is 0 Å². The van der Waals surface area contributed by atoms with Crippen molar-refractivity contribution >= 4 is 16.7 Å². The maximum Gasteiger partial charge on any atom is 0.139 e. The highest BCUT2D eigenvalue weighted by Crippen LogP contribution is 2.23. The molecule has 0 aliphatic heterocycles. The second-order valence-corrected chi connectivity index (χ2v) is 8.04. The summed E-state index contributed by atoms with van der Waals surface area (Å²) in [5.74, 6) is 0.125. The van der Waals surface area contributed by atoms with Crippen molar-refractivity contribution in [1.29, 1.82) is 0 Å². The van der Waals surface area contributed by atoms with E-state index in [9.17, 15) is 4.79 Å². The number of aryl methyl sites for hydroxylation is 1. The largest absolute Gasteiger partial charge is 0.382 e. The molecule has 0 radical (unpaired) electrons. The number of rotatable bonds is 11. The minimum atomic E-state index is -0.00281. The molecule has 0 unspecified atom stereocenters. The van der Waals surface area contributed by atoms with E-state index in [-0.39, 0.29) is 18.1 Å². The van der Waals surface area contributed by atoms with Gasteiger partial charge in [-0.1, -0.05) is 30.3 Å². The lowest BCUT2D eigenvalue weighted by Crippen LogP contribution is -2.16. The van der Waals surface area contributed by atoms with Crippen LogP contribution in [-0.2, 0) is 20.7 Å². The summed E-state index contributed by atoms with van der Waals surface area (Å²) in [4.78, 5) is 21.7. The molecule has 0 aliphatic rings. The highest BCUT2D eigenvalue weighted by atomic mass is 16.5. The minimum Gasteiger partial charge on any atom is -0.382 e. The number of hydrogen-bond acceptors (Lipinski definition) is 6. The van der Waals surface area contributed by atoms with Crippen molar-refractivity contribution in [2.45, 2.75) is 25.7 Å². The predicted molar refractivity (Wildman–Crippen MR) is 127 cm³/mol. The summed E-state index contributed by atoms with van der Waals surface area (Å²) in [6.45, 7) is 3.46. The van der Waals surface area contributed by atoms with Gasteiger partial charge in [-0.2, -0.15) is 5.10 Å². The number of ether oxygens (including phenoxy) is 2. The van der Waals surface area contributed by atoms with E-state index in [2.05, 4.69) is 15.1 Å². The summed E-state index contributed by atoms with van der Waals surface area (Å²) >= 11 is 0. The molecule has 0 spiro atoms. The van der Waals surface area contributed by atoms with Crippen LogP contribution >= 0.6 is 0 Å². The fourth-order valence-electron chi connectivity index (χ4n) is 3.85. The fraction of sp³-hybridized carbons (Fsp3) is 0.308. The number of pyridine rings is 2. The molecule has 0 N–H and O–H groups in total. The third kappa shape index (κ3) is 5.88. The molecule has 0 bridgehead atoms. The molecule has 3 heterocycles. The zero-order chi connectivity index (χ0) is 23.0. The van der Waals surface area contributed by atoms with E-state index in [1.807, 2.05) is 60.1 Å². The van der Waals surface area contributed by atoms with Crippen molar-refractivity contribution in [3.8, 4) is 5.69 Å². The molecule has 4 rings (SSSR count). The first-order chi connectivity index (χ1) is 16.1. The number of hydrogen-bond donors (Lipinski definition) is 0. The van der Waals surface area contributed by atoms with E-state index < -0.39 is 0 Å². The molecule has 33 heavy (non-hydrogen) atoms. The maximum absolute atomic E-state index is 12.9. The smallest absolute Gasteiger partial charge is 0.139 e. The number of methoxy groups -OCH3 is 1. The second-order valence-electron chi connectivity index (χ2n) is 8.04. The van der Waals surface area contributed by atoms with Gasteiger partial charge in [0, 0.05) is 48.8 Å². The average molecular weight is 445 g/mol. The number of ketones is 1. The molecular formula is C26H28N4O3. The standard InChI is InChI=1S/C26H28N4O3/c1-19-12-24(8-9-27-19)30-26-17-28-23(13-21(26)16-29-30)15-25(31)14-22(18-33-11-10-32-2)20-6-4-3-5-7-20/h3-9,12-13,16-17,22H,10-11,14-15,18H2,1-2H3/t22-/m1/s1. The van der Waals surface area contributed by atoms with Gasteiger partial charge in [0.05, 0.1) is 43.4 Å². The van der Waals surface area contributed by atoms with E-state index in [4.69, 9.17) is 9.47 Å². The van der Waals surface area contributed by atoms with Gasteiger partial charge in [0.15, 0.2) is 0 Å². The predicted octanol–water partition coefficient (Wildman–Crippen LogP) is 4.07. The van der Waals surface area contributed by atoms with Gasteiger partial charge in [-0.25, -0.2) is 4.68 Å². The SMILES string of the molecule is COCCOC[C@@H](CC(=O)Cc1cc2cnn(-c3ccnc(C)c3)c2cn1)c1ccccc1. The van der Waals surface area contributed by atoms with Gasteiger partial charge in [0.25, 0.3) is 0 Å². The topological polar surface area (TPSA) is 79.1 Å². The van der Waals surface area contributed by atoms with E-state index in [1.165, 1.54) is 0 Å². The highest BCUT2D eigenvalue weighted by Gasteiger charge is 2.18. The summed E-state index contributed by atoms with van der Waals surface area (Å²) in [5.41, 5.74) is 4.59. The van der Waals surface area contributed by atoms with Gasteiger partial charge in [0.1, 0.15) is 5.78 Å². The van der Waals surface area contributed by atoms with Crippen LogP contribution in [0, 0.1) is 6.92 Å². The summed E-state index contributed by atoms with van der Waals surface area (Å²) in [6.07, 6.45) is 6.02. The van der Waals surface area contributed by atoms with Crippen LogP contribution in [0.1, 0.15) is 29.3 Å². The normalized spacial score (nSPS) is 12.2. The molecule has 0 fully saturated rings. The van der Waals surface area contributed by atoms with Gasteiger partial charge in [0.2, 0.25) is 0 Å². The van der Waals surface area contributed by atoms with Crippen molar-refractivity contribution in [1.82, 2.24) is 19.7 Å². The summed E-state index contributed by atoms with van der Waals surface area (Å²) in [7, 11) is 1.65. The Morgan fingerprint density at radius 2 is 1.91 bits per heavy atom. The van der Waals surface area contributed by atoms with Crippen molar-refractivity contribution in [3.05, 3.63) is 84.1 Å². The number of benzene rings is 1. The van der Waals surface area contributed by atoms with Crippen LogP contribution in [0.4, 0.5) is 0 Å². The van der Waals surface area contributed by atoms with Gasteiger partial charge in [-0.3, -0.25) is 14.8 Å². The van der Waals surface area contributed by atoms with Crippen LogP contribution in [0.3, 0.4) is 0 Å². The molecule has 1 atom stereocenters. The number of carbonyl (C=O) groups is 1. The molecule has 170 valence electrons. The Labute approximate surface area is 193 Å². The minimum absolute atomic E-state index is 0.00281. The van der Waals surface area contributed by atoms with Crippen LogP contribution in [0.25, 0.3) is 16.6 Å². The molecule has 7 heteroatoms. The third-order valence-corrected chi connectivity index (χ3v) is 5.51. The first kappa shape index (κ1) is 22.8. The van der Waals surface area contributed by atoms with Crippen LogP contribution in [0.5, 0.6) is 0 Å². The van der Waals surface area contributed by atoms with E-state index in [1.54, 1.807) is 25.7 Å². The third-order valence-electron chi connectivity index (χ3n) is 5.51. The number of carbonyl (C=O) groups excluding carboxylic acids is 1. The highest BCUT2D eigenvalue weighted by molar-refractivity contribution is 5.84. The summed E-state index contributed by atoms with van der Waals surface area (Å²) in [5, 5.41) is 5.45. The monoisotopic (exact) mass is 444 g/mol. The van der Waals surface area contributed by atoms with Crippen molar-refractivity contribution < 1.29 is 14.3 Å². The fourth-order valence-corrected chi connectivity index (χ4v) is 3.85. The first-order valence-corrected chi connectivity index (χ1v) is 11.0. The summed E-state index contributed by atoms with van der Waals surface area (Å²) < 4.78 is 12.6. The average Bonchev–Trinajstić information content (AvgIpc) is 3.25. The Kier molecular flexibility index (Phi) is 7.55. The first-order valence-electron chi connectivity index (χ1n) is 11.0. The lowest BCUT2D eigenvalue weighted by Gasteiger charge is -2.17. The molecule has 0 amide bonds. The zero-order valence-electron chi connectivity index (χ0n) is 19.0. The van der Waals surface area contributed by atoms with Crippen LogP contribution in [0.15, 0.2) is 67.1 Å². The number of aromatic nitrogens is 4. The Balaban J connectivity index is 1.45. The van der Waals surface area contributed by atoms with Gasteiger partial charge < -0.3 is 9.47 Å². The molecule has 0 saturated heterocycles. The van der Waals surface area contributed by atoms with Crippen molar-refractivity contribution in [2.24, 2.45) is 0 Å². The van der Waals surface area contributed by atoms with Crippen molar-refractivity contribution in [2.75, 3.05) is 26.9 Å². The Hall–Kier alpha value is -3.42. The lowest BCUT2D eigenvalue weighted by molar-refractivity contribution is -0.119. The van der Waals surface area contributed by atoms with Gasteiger partial charge in [-0.15, -0.1) is 0 Å². The molecular weight excluding hydrogens is 416 g/mol. The molecule has 3 aromatic heterocycles.